The molecule has 0 spiro atoms. The number of hydrogen-bond acceptors (Lipinski definition) is 10. The highest BCUT2D eigenvalue weighted by molar-refractivity contribution is 7.94. The van der Waals surface area contributed by atoms with Gasteiger partial charge in [0.15, 0.2) is 5.82 Å². The van der Waals surface area contributed by atoms with E-state index in [1.165, 1.54) is 0 Å². The van der Waals surface area contributed by atoms with Crippen LogP contribution in [0.1, 0.15) is 30.5 Å². The number of ether oxygens (including phenoxy) is 1. The van der Waals surface area contributed by atoms with Crippen LogP contribution in [0.4, 0.5) is 16.3 Å². The molecule has 1 atom stereocenters. The van der Waals surface area contributed by atoms with Crippen LogP contribution in [-0.2, 0) is 19.3 Å². The number of hydrogen-bond donors (Lipinski definition) is 2. The van der Waals surface area contributed by atoms with Gasteiger partial charge in [0.25, 0.3) is 0 Å². The molecule has 2 N–H and O–H groups in total. The highest BCUT2D eigenvalue weighted by Crippen LogP contribution is 2.55. The fourth-order valence-electron chi connectivity index (χ4n) is 4.24. The van der Waals surface area contributed by atoms with E-state index in [0.29, 0.717) is 66.2 Å². The van der Waals surface area contributed by atoms with Gasteiger partial charge in [-0.05, 0) is 51.0 Å². The highest BCUT2D eigenvalue weighted by Gasteiger charge is 2.59. The van der Waals surface area contributed by atoms with Crippen molar-refractivity contribution in [2.24, 2.45) is 0 Å². The summed E-state index contributed by atoms with van der Waals surface area (Å²) in [4.78, 5) is 23.4. The fourth-order valence-corrected chi connectivity index (χ4v) is 7.44. The summed E-state index contributed by atoms with van der Waals surface area (Å²) in [5, 5.41) is 13.7. The van der Waals surface area contributed by atoms with Crippen LogP contribution in [0.15, 0.2) is 34.7 Å². The lowest BCUT2D eigenvalue weighted by molar-refractivity contribution is 0.0985. The van der Waals surface area contributed by atoms with Crippen LogP contribution < -0.4 is 15.5 Å². The van der Waals surface area contributed by atoms with Crippen molar-refractivity contribution in [2.75, 3.05) is 37.0 Å². The van der Waals surface area contributed by atoms with E-state index in [0.717, 1.165) is 11.3 Å². The first-order valence-electron chi connectivity index (χ1n) is 11.6. The first-order chi connectivity index (χ1) is 17.2. The summed E-state index contributed by atoms with van der Waals surface area (Å²) in [6, 6.07) is 8.67. The predicted octanol–water partition coefficient (Wildman–Crippen LogP) is 2.74. The molecule has 11 nitrogen and oxygen atoms in total. The Balaban J connectivity index is 1.59. The van der Waals surface area contributed by atoms with Crippen molar-refractivity contribution in [1.29, 1.82) is 0 Å². The van der Waals surface area contributed by atoms with Gasteiger partial charge in [0.2, 0.25) is 14.2 Å². The normalized spacial score (nSPS) is 19.1. The Hall–Kier alpha value is -3.16. The summed E-state index contributed by atoms with van der Waals surface area (Å²) in [5.41, 5.74) is 1.78. The topological polar surface area (TPSA) is 139 Å². The number of rotatable bonds is 6. The Kier molecular flexibility index (Phi) is 6.39. The molecule has 0 radical (unpaired) electrons. The van der Waals surface area contributed by atoms with Gasteiger partial charge in [0.05, 0.1) is 24.9 Å². The quantitative estimate of drug-likeness (QED) is 0.493. The third-order valence-corrected chi connectivity index (χ3v) is 10.2. The number of amides is 2. The molecule has 190 valence electrons. The van der Waals surface area contributed by atoms with Crippen molar-refractivity contribution in [1.82, 2.24) is 25.5 Å². The van der Waals surface area contributed by atoms with Gasteiger partial charge in [-0.1, -0.05) is 11.3 Å². The molecule has 1 aliphatic carbocycles. The largest absolute Gasteiger partial charge is 0.377 e. The van der Waals surface area contributed by atoms with Crippen molar-refractivity contribution < 1.29 is 17.9 Å². The molecule has 2 fully saturated rings. The van der Waals surface area contributed by atoms with Crippen LogP contribution in [-0.4, -0.2) is 67.5 Å². The molecule has 1 aliphatic heterocycles. The minimum atomic E-state index is -3.79. The number of sulfone groups is 1. The van der Waals surface area contributed by atoms with Crippen molar-refractivity contribution in [3.05, 3.63) is 41.0 Å². The maximum atomic E-state index is 13.7. The van der Waals surface area contributed by atoms with Gasteiger partial charge in [0.1, 0.15) is 15.6 Å². The lowest BCUT2D eigenvalue weighted by atomic mass is 10.1. The Morgan fingerprint density at radius 3 is 2.56 bits per heavy atom. The molecule has 36 heavy (non-hydrogen) atoms. The lowest BCUT2D eigenvalue weighted by Crippen LogP contribution is -2.44. The van der Waals surface area contributed by atoms with Crippen LogP contribution in [0.5, 0.6) is 0 Å². The second-order valence-corrected chi connectivity index (χ2v) is 12.5. The smallest absolute Gasteiger partial charge is 0.318 e. The molecule has 2 aliphatic rings. The van der Waals surface area contributed by atoms with Crippen molar-refractivity contribution in [2.45, 2.75) is 41.8 Å². The molecule has 3 aromatic rings. The molecule has 1 saturated carbocycles. The summed E-state index contributed by atoms with van der Waals surface area (Å²) in [5.74, 6) is 1.08. The number of morpholine rings is 1. The summed E-state index contributed by atoms with van der Waals surface area (Å²) in [7, 11) is -2.24. The van der Waals surface area contributed by atoms with Gasteiger partial charge in [-0.25, -0.2) is 23.2 Å². The molecule has 2 amide bonds. The fraction of sp³-hybridized carbons (Fsp3) is 0.435. The monoisotopic (exact) mass is 529 g/mol. The van der Waals surface area contributed by atoms with Gasteiger partial charge >= 0.3 is 6.03 Å². The third kappa shape index (κ3) is 4.42. The number of aromatic nitrogens is 4. The standard InChI is InChI=1S/C23H27N7O4S2/c1-14-13-34-11-10-30(14)19-12-18(23(8-9-23)36(32,33)22-29-28-15(2)35-22)26-20(27-19)16-4-6-17(7-5-16)25-21(31)24-3/h4-7,12,14H,8-11,13H2,1-3H3,(H2,24,25,31)/t14-/m0/s1. The van der Waals surface area contributed by atoms with E-state index in [1.807, 2.05) is 6.92 Å². The molecule has 5 rings (SSSR count). The number of carbonyl (C=O) groups excluding carboxylic acids is 1. The molecule has 3 heterocycles. The first kappa shape index (κ1) is 24.5. The van der Waals surface area contributed by atoms with Crippen molar-refractivity contribution in [3.63, 3.8) is 0 Å². The van der Waals surface area contributed by atoms with Crippen LogP contribution in [0.3, 0.4) is 0 Å². The van der Waals surface area contributed by atoms with E-state index >= 15 is 0 Å². The summed E-state index contributed by atoms with van der Waals surface area (Å²) < 4.78 is 31.8. The average Bonchev–Trinajstić information content (AvgIpc) is 3.59. The lowest BCUT2D eigenvalue weighted by Gasteiger charge is -2.34. The average molecular weight is 530 g/mol. The van der Waals surface area contributed by atoms with Gasteiger partial charge in [-0.2, -0.15) is 0 Å². The number of benzene rings is 1. The van der Waals surface area contributed by atoms with E-state index in [1.54, 1.807) is 44.3 Å². The number of urea groups is 1. The van der Waals surface area contributed by atoms with E-state index in [2.05, 4.69) is 25.7 Å². The minimum Gasteiger partial charge on any atom is -0.377 e. The van der Waals surface area contributed by atoms with Crippen LogP contribution >= 0.6 is 11.3 Å². The van der Waals surface area contributed by atoms with Crippen molar-refractivity contribution >= 4 is 38.7 Å². The zero-order chi connectivity index (χ0) is 25.5. The molecule has 1 saturated heterocycles. The Bertz CT molecular complexity index is 1390. The van der Waals surface area contributed by atoms with Gasteiger partial charge in [0, 0.05) is 30.9 Å². The summed E-state index contributed by atoms with van der Waals surface area (Å²) in [6.07, 6.45) is 0.912. The SMILES string of the molecule is CNC(=O)Nc1ccc(-c2nc(N3CCOC[C@@H]3C)cc(C3(S(=O)(=O)c4nnc(C)s4)CC3)n2)cc1. The molecule has 0 unspecified atom stereocenters. The maximum absolute atomic E-state index is 13.7. The van der Waals surface area contributed by atoms with E-state index in [-0.39, 0.29) is 16.4 Å². The Morgan fingerprint density at radius 1 is 1.19 bits per heavy atom. The number of nitrogens with one attached hydrogen (secondary N) is 2. The maximum Gasteiger partial charge on any atom is 0.318 e. The predicted molar refractivity (Wildman–Crippen MR) is 136 cm³/mol. The molecule has 13 heteroatoms. The number of nitrogens with zero attached hydrogens (tertiary/aromatic N) is 5. The van der Waals surface area contributed by atoms with E-state index < -0.39 is 14.6 Å². The zero-order valence-corrected chi connectivity index (χ0v) is 21.8. The first-order valence-corrected chi connectivity index (χ1v) is 13.9. The second-order valence-electron chi connectivity index (χ2n) is 8.92. The number of carbonyl (C=O) groups is 1. The summed E-state index contributed by atoms with van der Waals surface area (Å²) >= 11 is 1.08. The number of aryl methyl sites for hydroxylation is 1. The number of anilines is 2. The van der Waals surface area contributed by atoms with Gasteiger partial charge in [-0.3, -0.25) is 0 Å². The van der Waals surface area contributed by atoms with Gasteiger partial charge < -0.3 is 20.3 Å². The van der Waals surface area contributed by atoms with Crippen LogP contribution in [0, 0.1) is 6.92 Å². The highest BCUT2D eigenvalue weighted by atomic mass is 32.2. The molecular formula is C23H27N7O4S2. The van der Waals surface area contributed by atoms with E-state index in [9.17, 15) is 13.2 Å². The molecule has 2 aromatic heterocycles. The second kappa shape index (κ2) is 9.37. The van der Waals surface area contributed by atoms with Crippen LogP contribution in [0.2, 0.25) is 0 Å². The van der Waals surface area contributed by atoms with Crippen molar-refractivity contribution in [3.8, 4) is 11.4 Å². The minimum absolute atomic E-state index is 0.0172. The Morgan fingerprint density at radius 2 is 1.94 bits per heavy atom. The van der Waals surface area contributed by atoms with Gasteiger partial charge in [-0.15, -0.1) is 10.2 Å². The van der Waals surface area contributed by atoms with Crippen LogP contribution in [0.25, 0.3) is 11.4 Å². The molecule has 1 aromatic carbocycles. The third-order valence-electron chi connectivity index (χ3n) is 6.43. The molecular weight excluding hydrogens is 502 g/mol. The van der Waals surface area contributed by atoms with E-state index in [4.69, 9.17) is 14.7 Å². The summed E-state index contributed by atoms with van der Waals surface area (Å²) in [6.45, 7) is 5.54. The molecule has 0 bridgehead atoms. The zero-order valence-electron chi connectivity index (χ0n) is 20.2. The Labute approximate surface area is 213 Å².